The summed E-state index contributed by atoms with van der Waals surface area (Å²) in [5.41, 5.74) is 6.93. The maximum Gasteiger partial charge on any atom is 0.256 e. The molecule has 2 fully saturated rings. The van der Waals surface area contributed by atoms with Crippen LogP contribution in [0.4, 0.5) is 5.82 Å². The van der Waals surface area contributed by atoms with Gasteiger partial charge in [0.05, 0.1) is 0 Å². The number of carbonyl (C=O) groups is 1. The number of rotatable bonds is 5. The standard InChI is InChI=1S/C13H20N4O/c1-7-11(12(14)17-16-7)13(18)15-6-10(8-2-3-8)9-4-5-9/h8-10H,2-6H2,1H3,(H,15,18)(H3,14,16,17). The Morgan fingerprint density at radius 2 is 2.06 bits per heavy atom. The number of aryl methyl sites for hydroxylation is 1. The van der Waals surface area contributed by atoms with E-state index in [1.807, 2.05) is 6.92 Å². The number of nitrogens with two attached hydrogens (primary N) is 1. The molecular weight excluding hydrogens is 228 g/mol. The van der Waals surface area contributed by atoms with Crippen LogP contribution in [-0.4, -0.2) is 22.6 Å². The number of hydrogen-bond acceptors (Lipinski definition) is 3. The molecule has 1 aromatic heterocycles. The van der Waals surface area contributed by atoms with E-state index in [0.29, 0.717) is 17.3 Å². The zero-order valence-electron chi connectivity index (χ0n) is 10.7. The van der Waals surface area contributed by atoms with Gasteiger partial charge in [-0.3, -0.25) is 9.89 Å². The quantitative estimate of drug-likeness (QED) is 0.737. The van der Waals surface area contributed by atoms with E-state index in [0.717, 1.165) is 24.1 Å². The van der Waals surface area contributed by atoms with E-state index in [2.05, 4.69) is 15.5 Å². The van der Waals surface area contributed by atoms with Crippen molar-refractivity contribution in [3.05, 3.63) is 11.3 Å². The Hall–Kier alpha value is -1.52. The molecule has 1 amide bonds. The third-order valence-electron chi connectivity index (χ3n) is 4.16. The first-order valence-corrected chi connectivity index (χ1v) is 6.75. The number of carbonyl (C=O) groups excluding carboxylic acids is 1. The van der Waals surface area contributed by atoms with Gasteiger partial charge in [-0.05, 0) is 50.4 Å². The summed E-state index contributed by atoms with van der Waals surface area (Å²) in [6, 6.07) is 0. The average Bonchev–Trinajstić information content (AvgIpc) is 3.21. The molecule has 18 heavy (non-hydrogen) atoms. The SMILES string of the molecule is Cc1[nH]nc(N)c1C(=O)NCC(C1CC1)C1CC1. The molecule has 0 aliphatic heterocycles. The second kappa shape index (κ2) is 4.30. The Labute approximate surface area is 107 Å². The largest absolute Gasteiger partial charge is 0.382 e. The molecular formula is C13H20N4O. The highest BCUT2D eigenvalue weighted by Crippen LogP contribution is 2.48. The fourth-order valence-electron chi connectivity index (χ4n) is 2.80. The number of H-pyrrole nitrogens is 1. The van der Waals surface area contributed by atoms with E-state index >= 15 is 0 Å². The summed E-state index contributed by atoms with van der Waals surface area (Å²) in [6.45, 7) is 2.61. The fraction of sp³-hybridized carbons (Fsp3) is 0.692. The zero-order valence-corrected chi connectivity index (χ0v) is 10.7. The monoisotopic (exact) mass is 248 g/mol. The Kier molecular flexibility index (Phi) is 2.76. The van der Waals surface area contributed by atoms with E-state index in [4.69, 9.17) is 5.73 Å². The minimum absolute atomic E-state index is 0.0925. The van der Waals surface area contributed by atoms with Crippen LogP contribution in [0.3, 0.4) is 0 Å². The number of nitrogen functional groups attached to an aromatic ring is 1. The third kappa shape index (κ3) is 2.21. The normalized spacial score (nSPS) is 19.2. The maximum absolute atomic E-state index is 12.1. The van der Waals surface area contributed by atoms with Crippen molar-refractivity contribution in [3.63, 3.8) is 0 Å². The molecule has 3 rings (SSSR count). The second-order valence-corrected chi connectivity index (χ2v) is 5.66. The Balaban J connectivity index is 1.60. The first-order valence-electron chi connectivity index (χ1n) is 6.75. The molecule has 5 heteroatoms. The Bertz CT molecular complexity index is 428. The molecule has 0 atom stereocenters. The first-order chi connectivity index (χ1) is 8.66. The molecule has 0 spiro atoms. The first kappa shape index (κ1) is 11.6. The number of hydrogen-bond donors (Lipinski definition) is 3. The number of aromatic nitrogens is 2. The molecule has 2 aliphatic rings. The van der Waals surface area contributed by atoms with Gasteiger partial charge in [-0.25, -0.2) is 0 Å². The molecule has 5 nitrogen and oxygen atoms in total. The maximum atomic E-state index is 12.1. The zero-order chi connectivity index (χ0) is 12.7. The Morgan fingerprint density at radius 3 is 2.50 bits per heavy atom. The van der Waals surface area contributed by atoms with Gasteiger partial charge in [0, 0.05) is 12.2 Å². The van der Waals surface area contributed by atoms with Gasteiger partial charge in [0.2, 0.25) is 0 Å². The van der Waals surface area contributed by atoms with Crippen LogP contribution in [0, 0.1) is 24.7 Å². The van der Waals surface area contributed by atoms with E-state index in [-0.39, 0.29) is 5.91 Å². The number of anilines is 1. The Morgan fingerprint density at radius 1 is 1.44 bits per heavy atom. The van der Waals surface area contributed by atoms with E-state index in [1.54, 1.807) is 0 Å². The van der Waals surface area contributed by atoms with Crippen molar-refractivity contribution in [1.82, 2.24) is 15.5 Å². The summed E-state index contributed by atoms with van der Waals surface area (Å²) >= 11 is 0. The van der Waals surface area contributed by atoms with Crippen LogP contribution >= 0.6 is 0 Å². The summed E-state index contributed by atoms with van der Waals surface area (Å²) < 4.78 is 0. The number of amides is 1. The summed E-state index contributed by atoms with van der Waals surface area (Å²) in [7, 11) is 0. The molecule has 4 N–H and O–H groups in total. The van der Waals surface area contributed by atoms with E-state index < -0.39 is 0 Å². The number of nitrogens with one attached hydrogen (secondary N) is 2. The lowest BCUT2D eigenvalue weighted by Crippen LogP contribution is -2.31. The van der Waals surface area contributed by atoms with Crippen molar-refractivity contribution in [2.45, 2.75) is 32.6 Å². The van der Waals surface area contributed by atoms with Crippen LogP contribution in [0.2, 0.25) is 0 Å². The van der Waals surface area contributed by atoms with Crippen molar-refractivity contribution in [2.75, 3.05) is 12.3 Å². The summed E-state index contributed by atoms with van der Waals surface area (Å²) in [6.07, 6.45) is 5.35. The topological polar surface area (TPSA) is 83.8 Å². The van der Waals surface area contributed by atoms with Crippen LogP contribution in [0.5, 0.6) is 0 Å². The molecule has 1 aromatic rings. The van der Waals surface area contributed by atoms with Gasteiger partial charge < -0.3 is 11.1 Å². The predicted molar refractivity (Wildman–Crippen MR) is 69.0 cm³/mol. The highest BCUT2D eigenvalue weighted by molar-refractivity contribution is 5.99. The van der Waals surface area contributed by atoms with Crippen molar-refractivity contribution >= 4 is 11.7 Å². The van der Waals surface area contributed by atoms with Crippen LogP contribution < -0.4 is 11.1 Å². The van der Waals surface area contributed by atoms with Crippen molar-refractivity contribution in [1.29, 1.82) is 0 Å². The van der Waals surface area contributed by atoms with E-state index in [1.165, 1.54) is 25.7 Å². The molecule has 2 aliphatic carbocycles. The van der Waals surface area contributed by atoms with Crippen molar-refractivity contribution in [2.24, 2.45) is 17.8 Å². The molecule has 98 valence electrons. The van der Waals surface area contributed by atoms with Crippen LogP contribution in [0.15, 0.2) is 0 Å². The van der Waals surface area contributed by atoms with Gasteiger partial charge in [-0.1, -0.05) is 0 Å². The van der Waals surface area contributed by atoms with Crippen LogP contribution in [0.25, 0.3) is 0 Å². The molecule has 0 radical (unpaired) electrons. The lowest BCUT2D eigenvalue weighted by Gasteiger charge is -2.16. The van der Waals surface area contributed by atoms with Crippen LogP contribution in [0.1, 0.15) is 41.7 Å². The summed E-state index contributed by atoms with van der Waals surface area (Å²) in [5, 5.41) is 9.62. The lowest BCUT2D eigenvalue weighted by molar-refractivity contribution is 0.0944. The summed E-state index contributed by atoms with van der Waals surface area (Å²) in [5.74, 6) is 2.58. The molecule has 0 saturated heterocycles. The van der Waals surface area contributed by atoms with Gasteiger partial charge in [0.25, 0.3) is 5.91 Å². The highest BCUT2D eigenvalue weighted by atomic mass is 16.1. The molecule has 2 saturated carbocycles. The minimum atomic E-state index is -0.0925. The van der Waals surface area contributed by atoms with Gasteiger partial charge in [0.15, 0.2) is 5.82 Å². The predicted octanol–water partition coefficient (Wildman–Crippen LogP) is 1.47. The molecule has 0 bridgehead atoms. The molecule has 1 heterocycles. The fourth-order valence-corrected chi connectivity index (χ4v) is 2.80. The van der Waals surface area contributed by atoms with Gasteiger partial charge >= 0.3 is 0 Å². The molecule has 0 unspecified atom stereocenters. The van der Waals surface area contributed by atoms with Crippen molar-refractivity contribution < 1.29 is 4.79 Å². The number of nitrogens with zero attached hydrogens (tertiary/aromatic N) is 1. The average molecular weight is 248 g/mol. The lowest BCUT2D eigenvalue weighted by atomic mass is 9.98. The van der Waals surface area contributed by atoms with Gasteiger partial charge in [0.1, 0.15) is 5.56 Å². The van der Waals surface area contributed by atoms with E-state index in [9.17, 15) is 4.79 Å². The smallest absolute Gasteiger partial charge is 0.256 e. The van der Waals surface area contributed by atoms with Gasteiger partial charge in [-0.15, -0.1) is 0 Å². The van der Waals surface area contributed by atoms with Crippen LogP contribution in [-0.2, 0) is 0 Å². The third-order valence-corrected chi connectivity index (χ3v) is 4.16. The number of aromatic amines is 1. The highest BCUT2D eigenvalue weighted by Gasteiger charge is 2.41. The minimum Gasteiger partial charge on any atom is -0.382 e. The summed E-state index contributed by atoms with van der Waals surface area (Å²) in [4.78, 5) is 12.1. The second-order valence-electron chi connectivity index (χ2n) is 5.66. The van der Waals surface area contributed by atoms with Crippen molar-refractivity contribution in [3.8, 4) is 0 Å². The molecule has 0 aromatic carbocycles. The van der Waals surface area contributed by atoms with Gasteiger partial charge in [-0.2, -0.15) is 5.10 Å².